The number of hydrogen-bond donors (Lipinski definition) is 1. The summed E-state index contributed by atoms with van der Waals surface area (Å²) in [6.07, 6.45) is 0. The van der Waals surface area contributed by atoms with Gasteiger partial charge in [0.2, 0.25) is 5.91 Å². The molecule has 0 saturated heterocycles. The summed E-state index contributed by atoms with van der Waals surface area (Å²) in [6, 6.07) is 22.6. The molecule has 1 aliphatic rings. The van der Waals surface area contributed by atoms with Crippen LogP contribution in [0.2, 0.25) is 0 Å². The van der Waals surface area contributed by atoms with Crippen LogP contribution in [-0.2, 0) is 9.53 Å². The summed E-state index contributed by atoms with van der Waals surface area (Å²) >= 11 is 0. The van der Waals surface area contributed by atoms with Crippen molar-refractivity contribution in [3.05, 3.63) is 90.0 Å². The van der Waals surface area contributed by atoms with Crippen LogP contribution in [0.15, 0.2) is 78.9 Å². The van der Waals surface area contributed by atoms with Gasteiger partial charge in [0.1, 0.15) is 19.0 Å². The molecule has 1 aliphatic heterocycles. The summed E-state index contributed by atoms with van der Waals surface area (Å²) in [6.45, 7) is 0.444. The molecule has 0 saturated carbocycles. The average Bonchev–Trinajstić information content (AvgIpc) is 3.05. The lowest BCUT2D eigenvalue weighted by molar-refractivity contribution is -0.120. The van der Waals surface area contributed by atoms with Gasteiger partial charge in [-0.15, -0.1) is 0 Å². The van der Waals surface area contributed by atoms with E-state index in [0.717, 1.165) is 10.6 Å². The number of carbonyl (C=O) groups is 3. The van der Waals surface area contributed by atoms with E-state index in [0.29, 0.717) is 29.1 Å². The third kappa shape index (κ3) is 4.62. The zero-order valence-electron chi connectivity index (χ0n) is 16.6. The second kappa shape index (κ2) is 9.23. The Kier molecular flexibility index (Phi) is 6.05. The Morgan fingerprint density at radius 3 is 2.19 bits per heavy atom. The molecular weight excluding hydrogens is 396 g/mol. The minimum Gasteiger partial charge on any atom is -0.491 e. The monoisotopic (exact) mass is 416 g/mol. The van der Waals surface area contributed by atoms with Crippen molar-refractivity contribution in [1.29, 1.82) is 0 Å². The Morgan fingerprint density at radius 1 is 0.806 bits per heavy atom. The predicted octanol–water partition coefficient (Wildman–Crippen LogP) is 3.52. The summed E-state index contributed by atoms with van der Waals surface area (Å²) in [5.41, 5.74) is 1.59. The molecule has 0 fully saturated rings. The fourth-order valence-corrected chi connectivity index (χ4v) is 3.24. The Bertz CT molecular complexity index is 1080. The summed E-state index contributed by atoms with van der Waals surface area (Å²) in [7, 11) is 0. The number of benzene rings is 3. The molecule has 0 radical (unpaired) electrons. The molecule has 0 aliphatic carbocycles. The van der Waals surface area contributed by atoms with E-state index in [4.69, 9.17) is 9.47 Å². The molecular formula is C24H20N2O5. The minimum atomic E-state index is -0.383. The van der Waals surface area contributed by atoms with Gasteiger partial charge in [-0.05, 0) is 42.5 Å². The van der Waals surface area contributed by atoms with E-state index in [1.54, 1.807) is 48.5 Å². The topological polar surface area (TPSA) is 84.9 Å². The van der Waals surface area contributed by atoms with Gasteiger partial charge < -0.3 is 14.8 Å². The molecule has 1 heterocycles. The van der Waals surface area contributed by atoms with Crippen LogP contribution in [-0.4, -0.2) is 37.5 Å². The van der Waals surface area contributed by atoms with Gasteiger partial charge >= 0.3 is 0 Å². The van der Waals surface area contributed by atoms with E-state index in [1.165, 1.54) is 0 Å². The highest BCUT2D eigenvalue weighted by atomic mass is 16.5. The first-order chi connectivity index (χ1) is 15.1. The van der Waals surface area contributed by atoms with Gasteiger partial charge in [0.25, 0.3) is 11.8 Å². The highest BCUT2D eigenvalue weighted by molar-refractivity contribution is 6.34. The SMILES string of the molecule is O=C(COCCOc1ccccc1)Nc1cccc(N2C(=O)c3ccccc3C2=O)c1. The Morgan fingerprint density at radius 2 is 1.48 bits per heavy atom. The van der Waals surface area contributed by atoms with Crippen molar-refractivity contribution in [1.82, 2.24) is 0 Å². The number of ether oxygens (including phenoxy) is 2. The van der Waals surface area contributed by atoms with E-state index in [1.807, 2.05) is 30.3 Å². The van der Waals surface area contributed by atoms with Gasteiger partial charge in [-0.1, -0.05) is 36.4 Å². The molecule has 31 heavy (non-hydrogen) atoms. The lowest BCUT2D eigenvalue weighted by Crippen LogP contribution is -2.29. The zero-order valence-corrected chi connectivity index (χ0v) is 16.6. The molecule has 0 bridgehead atoms. The number of rotatable bonds is 8. The molecule has 7 heteroatoms. The molecule has 0 unspecified atom stereocenters. The quantitative estimate of drug-likeness (QED) is 0.449. The first-order valence-corrected chi connectivity index (χ1v) is 9.77. The van der Waals surface area contributed by atoms with Crippen LogP contribution < -0.4 is 15.0 Å². The second-order valence-electron chi connectivity index (χ2n) is 6.80. The summed E-state index contributed by atoms with van der Waals surface area (Å²) in [5.74, 6) is -0.378. The number of para-hydroxylation sites is 1. The van der Waals surface area contributed by atoms with Gasteiger partial charge in [0.05, 0.1) is 23.4 Å². The normalized spacial score (nSPS) is 12.6. The van der Waals surface area contributed by atoms with Crippen molar-refractivity contribution in [3.8, 4) is 5.75 Å². The number of nitrogens with one attached hydrogen (secondary N) is 1. The highest BCUT2D eigenvalue weighted by Gasteiger charge is 2.36. The van der Waals surface area contributed by atoms with Crippen molar-refractivity contribution in [3.63, 3.8) is 0 Å². The second-order valence-corrected chi connectivity index (χ2v) is 6.80. The number of hydrogen-bond acceptors (Lipinski definition) is 5. The lowest BCUT2D eigenvalue weighted by atomic mass is 10.1. The molecule has 0 aromatic heterocycles. The van der Waals surface area contributed by atoms with Crippen molar-refractivity contribution in [2.45, 2.75) is 0 Å². The lowest BCUT2D eigenvalue weighted by Gasteiger charge is -2.15. The predicted molar refractivity (Wildman–Crippen MR) is 115 cm³/mol. The van der Waals surface area contributed by atoms with Crippen LogP contribution in [0.5, 0.6) is 5.75 Å². The molecule has 3 amide bonds. The standard InChI is InChI=1S/C24H20N2O5/c27-22(16-30-13-14-31-19-9-2-1-3-10-19)25-17-7-6-8-18(15-17)26-23(28)20-11-4-5-12-21(20)24(26)29/h1-12,15H,13-14,16H2,(H,25,27). The Labute approximate surface area is 179 Å². The highest BCUT2D eigenvalue weighted by Crippen LogP contribution is 2.29. The number of carbonyl (C=O) groups excluding carboxylic acids is 3. The van der Waals surface area contributed by atoms with Gasteiger partial charge in [-0.3, -0.25) is 14.4 Å². The van der Waals surface area contributed by atoms with E-state index >= 15 is 0 Å². The minimum absolute atomic E-state index is 0.143. The smallest absolute Gasteiger partial charge is 0.266 e. The van der Waals surface area contributed by atoms with E-state index in [2.05, 4.69) is 5.32 Å². The van der Waals surface area contributed by atoms with Crippen molar-refractivity contribution in [2.24, 2.45) is 0 Å². The van der Waals surface area contributed by atoms with Crippen LogP contribution in [0, 0.1) is 0 Å². The first kappa shape index (κ1) is 20.3. The summed E-state index contributed by atoms with van der Waals surface area (Å²) in [5, 5.41) is 2.71. The summed E-state index contributed by atoms with van der Waals surface area (Å²) < 4.78 is 10.8. The molecule has 7 nitrogen and oxygen atoms in total. The van der Waals surface area contributed by atoms with Crippen molar-refractivity contribution in [2.75, 3.05) is 30.0 Å². The first-order valence-electron chi connectivity index (χ1n) is 9.77. The van der Waals surface area contributed by atoms with E-state index in [9.17, 15) is 14.4 Å². The number of imide groups is 1. The number of nitrogens with zero attached hydrogens (tertiary/aromatic N) is 1. The third-order valence-electron chi connectivity index (χ3n) is 4.65. The molecule has 0 spiro atoms. The van der Waals surface area contributed by atoms with Crippen molar-refractivity contribution < 1.29 is 23.9 Å². The molecule has 156 valence electrons. The maximum absolute atomic E-state index is 12.6. The fourth-order valence-electron chi connectivity index (χ4n) is 3.24. The maximum Gasteiger partial charge on any atom is 0.266 e. The molecule has 3 aromatic carbocycles. The third-order valence-corrected chi connectivity index (χ3v) is 4.65. The van der Waals surface area contributed by atoms with Crippen LogP contribution >= 0.6 is 0 Å². The molecule has 0 atom stereocenters. The van der Waals surface area contributed by atoms with E-state index < -0.39 is 0 Å². The number of fused-ring (bicyclic) bond motifs is 1. The molecule has 4 rings (SSSR count). The average molecular weight is 416 g/mol. The number of amides is 3. The van der Waals surface area contributed by atoms with Crippen LogP contribution in [0.3, 0.4) is 0 Å². The van der Waals surface area contributed by atoms with Gasteiger partial charge in [0.15, 0.2) is 0 Å². The van der Waals surface area contributed by atoms with Crippen LogP contribution in [0.25, 0.3) is 0 Å². The van der Waals surface area contributed by atoms with Crippen LogP contribution in [0.4, 0.5) is 11.4 Å². The fraction of sp³-hybridized carbons (Fsp3) is 0.125. The Balaban J connectivity index is 1.30. The largest absolute Gasteiger partial charge is 0.491 e. The molecule has 3 aromatic rings. The summed E-state index contributed by atoms with van der Waals surface area (Å²) in [4.78, 5) is 38.5. The van der Waals surface area contributed by atoms with Gasteiger partial charge in [-0.25, -0.2) is 4.90 Å². The molecule has 1 N–H and O–H groups in total. The van der Waals surface area contributed by atoms with Crippen LogP contribution in [0.1, 0.15) is 20.7 Å². The van der Waals surface area contributed by atoms with Crippen molar-refractivity contribution >= 4 is 29.1 Å². The van der Waals surface area contributed by atoms with Gasteiger partial charge in [0, 0.05) is 5.69 Å². The maximum atomic E-state index is 12.6. The van der Waals surface area contributed by atoms with E-state index in [-0.39, 0.29) is 30.9 Å². The Hall–Kier alpha value is -3.97. The number of anilines is 2. The zero-order chi connectivity index (χ0) is 21.6. The van der Waals surface area contributed by atoms with Gasteiger partial charge in [-0.2, -0.15) is 0 Å².